The first-order valence-corrected chi connectivity index (χ1v) is 7.39. The van der Waals surface area contributed by atoms with Crippen molar-refractivity contribution in [2.45, 2.75) is 57.5 Å². The third kappa shape index (κ3) is 3.69. The molecule has 2 unspecified atom stereocenters. The van der Waals surface area contributed by atoms with Crippen LogP contribution in [0.4, 0.5) is 0 Å². The molecule has 3 N–H and O–H groups in total. The number of hydrogen-bond acceptors (Lipinski definition) is 3. The average Bonchev–Trinajstić information content (AvgIpc) is 2.88. The van der Waals surface area contributed by atoms with E-state index in [0.717, 1.165) is 45.1 Å². The Labute approximate surface area is 114 Å². The van der Waals surface area contributed by atoms with Gasteiger partial charge in [0.2, 0.25) is 11.8 Å². The van der Waals surface area contributed by atoms with Crippen LogP contribution >= 0.6 is 0 Å². The highest BCUT2D eigenvalue weighted by molar-refractivity contribution is 5.87. The molecule has 2 atom stereocenters. The van der Waals surface area contributed by atoms with Crippen LogP contribution in [0.25, 0.3) is 0 Å². The van der Waals surface area contributed by atoms with Crippen LogP contribution in [0.3, 0.4) is 0 Å². The minimum Gasteiger partial charge on any atom is -0.344 e. The van der Waals surface area contributed by atoms with Crippen LogP contribution in [-0.2, 0) is 9.59 Å². The molecule has 0 aromatic heterocycles. The Hall–Kier alpha value is -1.10. The maximum absolute atomic E-state index is 12.6. The number of nitrogens with zero attached hydrogens (tertiary/aromatic N) is 1. The largest absolute Gasteiger partial charge is 0.344 e. The molecule has 0 aromatic carbocycles. The first kappa shape index (κ1) is 14.3. The van der Waals surface area contributed by atoms with E-state index in [1.807, 2.05) is 4.90 Å². The lowest BCUT2D eigenvalue weighted by molar-refractivity contribution is -0.138. The highest BCUT2D eigenvalue weighted by atomic mass is 16.2. The van der Waals surface area contributed by atoms with Gasteiger partial charge >= 0.3 is 0 Å². The Bertz CT molecular complexity index is 340. The molecule has 0 aromatic rings. The minimum absolute atomic E-state index is 0.0669. The number of nitrogens with one attached hydrogen (secondary N) is 1. The van der Waals surface area contributed by atoms with Gasteiger partial charge in [-0.3, -0.25) is 9.59 Å². The van der Waals surface area contributed by atoms with Crippen LogP contribution in [-0.4, -0.2) is 41.9 Å². The normalized spacial score (nSPS) is 26.2. The van der Waals surface area contributed by atoms with Crippen LogP contribution in [0.5, 0.6) is 0 Å². The van der Waals surface area contributed by atoms with Crippen LogP contribution in [0.1, 0.15) is 45.4 Å². The van der Waals surface area contributed by atoms with Crippen molar-refractivity contribution in [3.8, 4) is 0 Å². The summed E-state index contributed by atoms with van der Waals surface area (Å²) in [7, 11) is 0. The maximum Gasteiger partial charge on any atom is 0.245 e. The number of amides is 2. The summed E-state index contributed by atoms with van der Waals surface area (Å²) in [4.78, 5) is 25.8. The van der Waals surface area contributed by atoms with E-state index in [4.69, 9.17) is 5.73 Å². The molecule has 0 radical (unpaired) electrons. The molecule has 1 aliphatic carbocycles. The van der Waals surface area contributed by atoms with E-state index in [-0.39, 0.29) is 23.9 Å². The van der Waals surface area contributed by atoms with Crippen molar-refractivity contribution in [1.29, 1.82) is 0 Å². The van der Waals surface area contributed by atoms with Gasteiger partial charge in [0, 0.05) is 26.1 Å². The van der Waals surface area contributed by atoms with Gasteiger partial charge in [0.1, 0.15) is 6.04 Å². The van der Waals surface area contributed by atoms with Gasteiger partial charge in [0.15, 0.2) is 0 Å². The molecule has 2 aliphatic rings. The summed E-state index contributed by atoms with van der Waals surface area (Å²) in [5, 5.41) is 2.86. The molecule has 5 nitrogen and oxygen atoms in total. The average molecular weight is 267 g/mol. The van der Waals surface area contributed by atoms with E-state index in [1.165, 1.54) is 6.92 Å². The molecule has 2 rings (SSSR count). The van der Waals surface area contributed by atoms with E-state index in [0.29, 0.717) is 12.5 Å². The summed E-state index contributed by atoms with van der Waals surface area (Å²) in [6.45, 7) is 2.88. The molecule has 1 heterocycles. The molecular formula is C14H25N3O2. The molecule has 2 fully saturated rings. The number of carbonyl (C=O) groups excluding carboxylic acids is 2. The van der Waals surface area contributed by atoms with E-state index < -0.39 is 0 Å². The Balaban J connectivity index is 2.03. The standard InChI is InChI=1S/C14H25N3O2/c1-10(18)16-13(11-5-2-3-6-11)14(19)17-8-4-7-12(15)9-17/h11-13H,2-9,15H2,1H3,(H,16,18). The number of piperidine rings is 1. The highest BCUT2D eigenvalue weighted by Gasteiger charge is 2.35. The zero-order valence-electron chi connectivity index (χ0n) is 11.7. The highest BCUT2D eigenvalue weighted by Crippen LogP contribution is 2.29. The fourth-order valence-corrected chi connectivity index (χ4v) is 3.30. The lowest BCUT2D eigenvalue weighted by Crippen LogP contribution is -2.55. The molecule has 1 aliphatic heterocycles. The van der Waals surface area contributed by atoms with Crippen molar-refractivity contribution in [2.24, 2.45) is 11.7 Å². The maximum atomic E-state index is 12.6. The summed E-state index contributed by atoms with van der Waals surface area (Å²) >= 11 is 0. The topological polar surface area (TPSA) is 75.4 Å². The second-order valence-electron chi connectivity index (χ2n) is 5.91. The van der Waals surface area contributed by atoms with Gasteiger partial charge in [-0.25, -0.2) is 0 Å². The zero-order chi connectivity index (χ0) is 13.8. The van der Waals surface area contributed by atoms with Gasteiger partial charge < -0.3 is 16.0 Å². The lowest BCUT2D eigenvalue weighted by Gasteiger charge is -2.35. The molecule has 19 heavy (non-hydrogen) atoms. The molecule has 2 amide bonds. The Kier molecular flexibility index (Phi) is 4.80. The van der Waals surface area contributed by atoms with Gasteiger partial charge in [-0.1, -0.05) is 12.8 Å². The molecule has 0 bridgehead atoms. The number of likely N-dealkylation sites (tertiary alicyclic amines) is 1. The first-order valence-electron chi connectivity index (χ1n) is 7.39. The number of hydrogen-bond donors (Lipinski definition) is 2. The van der Waals surface area contributed by atoms with Crippen LogP contribution < -0.4 is 11.1 Å². The summed E-state index contributed by atoms with van der Waals surface area (Å²) < 4.78 is 0. The van der Waals surface area contributed by atoms with E-state index in [1.54, 1.807) is 0 Å². The van der Waals surface area contributed by atoms with Crippen molar-refractivity contribution in [1.82, 2.24) is 10.2 Å². The molecule has 0 spiro atoms. The quantitative estimate of drug-likeness (QED) is 0.787. The van der Waals surface area contributed by atoms with Gasteiger partial charge in [-0.15, -0.1) is 0 Å². The summed E-state index contributed by atoms with van der Waals surface area (Å²) in [6.07, 6.45) is 6.34. The van der Waals surface area contributed by atoms with E-state index in [9.17, 15) is 9.59 Å². The second-order valence-corrected chi connectivity index (χ2v) is 5.91. The predicted octanol–water partition coefficient (Wildman–Crippen LogP) is 0.631. The van der Waals surface area contributed by atoms with E-state index >= 15 is 0 Å². The number of carbonyl (C=O) groups is 2. The van der Waals surface area contributed by atoms with Crippen molar-refractivity contribution < 1.29 is 9.59 Å². The zero-order valence-corrected chi connectivity index (χ0v) is 11.7. The molecule has 1 saturated heterocycles. The van der Waals surface area contributed by atoms with Gasteiger partial charge in [0.25, 0.3) is 0 Å². The van der Waals surface area contributed by atoms with Crippen molar-refractivity contribution in [3.05, 3.63) is 0 Å². The number of nitrogens with two attached hydrogens (primary N) is 1. The van der Waals surface area contributed by atoms with Crippen LogP contribution in [0.15, 0.2) is 0 Å². The van der Waals surface area contributed by atoms with Crippen LogP contribution in [0, 0.1) is 5.92 Å². The fraction of sp³-hybridized carbons (Fsp3) is 0.857. The molecule has 5 heteroatoms. The molecular weight excluding hydrogens is 242 g/mol. The molecule has 1 saturated carbocycles. The summed E-state index contributed by atoms with van der Waals surface area (Å²) in [5.74, 6) is 0.248. The lowest BCUT2D eigenvalue weighted by atomic mass is 9.95. The fourth-order valence-electron chi connectivity index (χ4n) is 3.30. The van der Waals surface area contributed by atoms with Gasteiger partial charge in [-0.05, 0) is 31.6 Å². The smallest absolute Gasteiger partial charge is 0.245 e. The minimum atomic E-state index is -0.342. The summed E-state index contributed by atoms with van der Waals surface area (Å²) in [5.41, 5.74) is 5.94. The Morgan fingerprint density at radius 1 is 1.21 bits per heavy atom. The third-order valence-corrected chi connectivity index (χ3v) is 4.27. The first-order chi connectivity index (χ1) is 9.08. The third-order valence-electron chi connectivity index (χ3n) is 4.27. The second kappa shape index (κ2) is 6.37. The molecule has 108 valence electrons. The van der Waals surface area contributed by atoms with Crippen molar-refractivity contribution in [2.75, 3.05) is 13.1 Å². The van der Waals surface area contributed by atoms with E-state index in [2.05, 4.69) is 5.32 Å². The van der Waals surface area contributed by atoms with Crippen molar-refractivity contribution in [3.63, 3.8) is 0 Å². The number of rotatable bonds is 3. The van der Waals surface area contributed by atoms with Crippen LogP contribution in [0.2, 0.25) is 0 Å². The summed E-state index contributed by atoms with van der Waals surface area (Å²) in [6, 6.07) is -0.260. The Morgan fingerprint density at radius 3 is 2.47 bits per heavy atom. The Morgan fingerprint density at radius 2 is 1.89 bits per heavy atom. The monoisotopic (exact) mass is 267 g/mol. The van der Waals surface area contributed by atoms with Gasteiger partial charge in [-0.2, -0.15) is 0 Å². The van der Waals surface area contributed by atoms with Crippen molar-refractivity contribution >= 4 is 11.8 Å². The predicted molar refractivity (Wildman–Crippen MR) is 73.4 cm³/mol. The van der Waals surface area contributed by atoms with Gasteiger partial charge in [0.05, 0.1) is 0 Å². The SMILES string of the molecule is CC(=O)NC(C(=O)N1CCCC(N)C1)C1CCCC1.